The van der Waals surface area contributed by atoms with Gasteiger partial charge in [0.25, 0.3) is 0 Å². The van der Waals surface area contributed by atoms with Crippen molar-refractivity contribution in [1.82, 2.24) is 10.6 Å². The van der Waals surface area contributed by atoms with Crippen molar-refractivity contribution in [3.63, 3.8) is 0 Å². The van der Waals surface area contributed by atoms with Gasteiger partial charge in [-0.15, -0.1) is 0 Å². The van der Waals surface area contributed by atoms with E-state index in [4.69, 9.17) is 14.2 Å². The van der Waals surface area contributed by atoms with Crippen LogP contribution >= 0.6 is 0 Å². The van der Waals surface area contributed by atoms with Crippen LogP contribution in [0.4, 0.5) is 0 Å². The summed E-state index contributed by atoms with van der Waals surface area (Å²) in [6.45, 7) is 3.92. The molecule has 2 aromatic rings. The summed E-state index contributed by atoms with van der Waals surface area (Å²) in [6.07, 6.45) is 0. The van der Waals surface area contributed by atoms with Gasteiger partial charge in [0.05, 0.1) is 13.2 Å². The molecule has 4 N–H and O–H groups in total. The van der Waals surface area contributed by atoms with Crippen LogP contribution in [0.15, 0.2) is 36.4 Å². The number of ether oxygens (including phenoxy) is 3. The Balaban J connectivity index is 1.64. The molecule has 0 spiro atoms. The van der Waals surface area contributed by atoms with E-state index in [1.807, 2.05) is 24.3 Å². The Bertz CT molecular complexity index is 677. The molecule has 0 aliphatic carbocycles. The van der Waals surface area contributed by atoms with Gasteiger partial charge in [0.2, 0.25) is 0 Å². The van der Waals surface area contributed by atoms with Crippen molar-refractivity contribution in [3.8, 4) is 23.0 Å². The highest BCUT2D eigenvalue weighted by atomic mass is 16.5. The number of para-hydroxylation sites is 2. The minimum atomic E-state index is 0.153. The van der Waals surface area contributed by atoms with E-state index < -0.39 is 0 Å². The molecule has 7 nitrogen and oxygen atoms in total. The molecule has 0 aromatic heterocycles. The fourth-order valence-corrected chi connectivity index (χ4v) is 2.80. The monoisotopic (exact) mass is 374 g/mol. The first-order valence-corrected chi connectivity index (χ1v) is 9.12. The van der Waals surface area contributed by atoms with E-state index in [-0.39, 0.29) is 11.5 Å². The number of fused-ring (bicyclic) bond motifs is 4. The number of phenols is 2. The molecule has 3 rings (SSSR count). The molecule has 0 radical (unpaired) electrons. The van der Waals surface area contributed by atoms with Gasteiger partial charge in [-0.05, 0) is 12.1 Å². The average molecular weight is 374 g/mol. The number of nitrogens with one attached hydrogen (secondary N) is 2. The third-order valence-electron chi connectivity index (χ3n) is 4.25. The number of hydrogen-bond donors (Lipinski definition) is 4. The van der Waals surface area contributed by atoms with E-state index in [0.29, 0.717) is 51.0 Å². The molecular weight excluding hydrogens is 348 g/mol. The van der Waals surface area contributed by atoms with Gasteiger partial charge in [0.1, 0.15) is 13.2 Å². The van der Waals surface area contributed by atoms with Gasteiger partial charge >= 0.3 is 0 Å². The first-order valence-electron chi connectivity index (χ1n) is 9.12. The minimum absolute atomic E-state index is 0.153. The number of hydrogen-bond acceptors (Lipinski definition) is 7. The maximum atomic E-state index is 10.3. The fourth-order valence-electron chi connectivity index (χ4n) is 2.80. The third-order valence-corrected chi connectivity index (χ3v) is 4.25. The highest BCUT2D eigenvalue weighted by Crippen LogP contribution is 2.30. The summed E-state index contributed by atoms with van der Waals surface area (Å²) in [5.41, 5.74) is 1.56. The molecule has 1 heterocycles. The Morgan fingerprint density at radius 2 is 1.15 bits per heavy atom. The molecule has 27 heavy (non-hydrogen) atoms. The number of phenolic OH excluding ortho intramolecular Hbond substituents is 2. The van der Waals surface area contributed by atoms with Crippen molar-refractivity contribution in [2.45, 2.75) is 13.1 Å². The van der Waals surface area contributed by atoms with Gasteiger partial charge in [-0.1, -0.05) is 24.3 Å². The van der Waals surface area contributed by atoms with Crippen molar-refractivity contribution < 1.29 is 24.4 Å². The zero-order valence-electron chi connectivity index (χ0n) is 15.2. The van der Waals surface area contributed by atoms with Crippen LogP contribution in [-0.2, 0) is 17.8 Å². The summed E-state index contributed by atoms with van der Waals surface area (Å²) in [4.78, 5) is 0. The lowest BCUT2D eigenvalue weighted by Crippen LogP contribution is -2.26. The summed E-state index contributed by atoms with van der Waals surface area (Å²) in [5.74, 6) is 1.21. The van der Waals surface area contributed by atoms with E-state index in [1.165, 1.54) is 0 Å². The Labute approximate surface area is 158 Å². The van der Waals surface area contributed by atoms with Gasteiger partial charge in [-0.25, -0.2) is 0 Å². The minimum Gasteiger partial charge on any atom is -0.504 e. The Kier molecular flexibility index (Phi) is 7.15. The molecule has 1 aliphatic heterocycles. The summed E-state index contributed by atoms with van der Waals surface area (Å²) >= 11 is 0. The van der Waals surface area contributed by atoms with Crippen LogP contribution in [0.1, 0.15) is 11.1 Å². The predicted molar refractivity (Wildman–Crippen MR) is 101 cm³/mol. The van der Waals surface area contributed by atoms with Crippen molar-refractivity contribution >= 4 is 0 Å². The van der Waals surface area contributed by atoms with E-state index in [9.17, 15) is 10.2 Å². The molecule has 0 atom stereocenters. The van der Waals surface area contributed by atoms with Crippen LogP contribution in [-0.4, -0.2) is 49.7 Å². The second-order valence-electron chi connectivity index (χ2n) is 6.19. The Hall–Kier alpha value is -2.48. The van der Waals surface area contributed by atoms with Crippen LogP contribution in [0.2, 0.25) is 0 Å². The van der Waals surface area contributed by atoms with Crippen LogP contribution in [0.5, 0.6) is 23.0 Å². The number of benzene rings is 2. The molecule has 4 bridgehead atoms. The molecule has 146 valence electrons. The van der Waals surface area contributed by atoms with Gasteiger partial charge in [-0.2, -0.15) is 0 Å². The van der Waals surface area contributed by atoms with Gasteiger partial charge in [0.15, 0.2) is 23.0 Å². The van der Waals surface area contributed by atoms with Crippen molar-refractivity contribution in [2.75, 3.05) is 39.5 Å². The van der Waals surface area contributed by atoms with Crippen LogP contribution in [0.3, 0.4) is 0 Å². The van der Waals surface area contributed by atoms with Crippen LogP contribution in [0, 0.1) is 0 Å². The van der Waals surface area contributed by atoms with E-state index >= 15 is 0 Å². The molecule has 1 aliphatic rings. The summed E-state index contributed by atoms with van der Waals surface area (Å²) in [7, 11) is 0. The average Bonchev–Trinajstić information content (AvgIpc) is 2.67. The predicted octanol–water partition coefficient (Wildman–Crippen LogP) is 1.76. The van der Waals surface area contributed by atoms with Crippen molar-refractivity contribution in [2.24, 2.45) is 0 Å². The molecule has 0 unspecified atom stereocenters. The SMILES string of the molecule is Oc1c2cccc1OCCOCCOc1cccc(c1O)CNCCNC2. The van der Waals surface area contributed by atoms with E-state index in [1.54, 1.807) is 12.1 Å². The summed E-state index contributed by atoms with van der Waals surface area (Å²) < 4.78 is 16.7. The highest BCUT2D eigenvalue weighted by Gasteiger charge is 2.10. The Morgan fingerprint density at radius 1 is 0.667 bits per heavy atom. The normalized spacial score (nSPS) is 16.9. The maximum Gasteiger partial charge on any atom is 0.162 e. The molecule has 0 fully saturated rings. The zero-order valence-corrected chi connectivity index (χ0v) is 15.2. The summed E-state index contributed by atoms with van der Waals surface area (Å²) in [6, 6.07) is 10.9. The highest BCUT2D eigenvalue weighted by molar-refractivity contribution is 5.46. The lowest BCUT2D eigenvalue weighted by Gasteiger charge is -2.12. The fraction of sp³-hybridized carbons (Fsp3) is 0.400. The van der Waals surface area contributed by atoms with Gasteiger partial charge < -0.3 is 35.1 Å². The first kappa shape index (κ1) is 19.3. The largest absolute Gasteiger partial charge is 0.504 e. The molecular formula is C20H26N2O5. The molecule has 0 saturated heterocycles. The first-order chi connectivity index (χ1) is 13.3. The smallest absolute Gasteiger partial charge is 0.162 e. The van der Waals surface area contributed by atoms with E-state index in [0.717, 1.165) is 24.2 Å². The topological polar surface area (TPSA) is 92.2 Å². The quantitative estimate of drug-likeness (QED) is 0.558. The Morgan fingerprint density at radius 3 is 1.63 bits per heavy atom. The molecule has 0 saturated carbocycles. The maximum absolute atomic E-state index is 10.3. The van der Waals surface area contributed by atoms with Crippen molar-refractivity contribution in [3.05, 3.63) is 47.5 Å². The second kappa shape index (κ2) is 10.0. The number of rotatable bonds is 0. The summed E-state index contributed by atoms with van der Waals surface area (Å²) in [5, 5.41) is 27.2. The van der Waals surface area contributed by atoms with Crippen LogP contribution in [0.25, 0.3) is 0 Å². The lowest BCUT2D eigenvalue weighted by atomic mass is 10.2. The molecule has 0 amide bonds. The van der Waals surface area contributed by atoms with Crippen LogP contribution < -0.4 is 20.1 Å². The van der Waals surface area contributed by atoms with Gasteiger partial charge in [0, 0.05) is 37.3 Å². The molecule has 2 aromatic carbocycles. The standard InChI is InChI=1S/C20H26N2O5/c23-19-15-3-1-5-17(19)26-11-9-25-10-12-27-18-6-2-4-16(20(18)24)14-22-8-7-21-13-15/h1-6,21-24H,7-14H2. The van der Waals surface area contributed by atoms with Crippen molar-refractivity contribution in [1.29, 1.82) is 0 Å². The second-order valence-corrected chi connectivity index (χ2v) is 6.19. The lowest BCUT2D eigenvalue weighted by molar-refractivity contribution is 0.0750. The molecule has 7 heteroatoms. The number of aromatic hydroxyl groups is 2. The van der Waals surface area contributed by atoms with Gasteiger partial charge in [-0.3, -0.25) is 0 Å². The third kappa shape index (κ3) is 5.50. The zero-order chi connectivity index (χ0) is 18.9. The van der Waals surface area contributed by atoms with E-state index in [2.05, 4.69) is 10.6 Å².